The van der Waals surface area contributed by atoms with Crippen molar-refractivity contribution in [3.8, 4) is 11.4 Å². The van der Waals surface area contributed by atoms with Gasteiger partial charge in [-0.2, -0.15) is 0 Å². The van der Waals surface area contributed by atoms with Gasteiger partial charge in [-0.3, -0.25) is 0 Å². The molecule has 2 heterocycles. The van der Waals surface area contributed by atoms with Crippen molar-refractivity contribution in [1.29, 1.82) is 0 Å². The minimum atomic E-state index is -0.680. The van der Waals surface area contributed by atoms with E-state index < -0.39 is 6.28 Å². The molecular formula is C12H13BN2. The van der Waals surface area contributed by atoms with Gasteiger partial charge in [0.2, 0.25) is 6.28 Å². The molecule has 0 spiro atoms. The smallest absolute Gasteiger partial charge is 0.281 e. The third-order valence-corrected chi connectivity index (χ3v) is 3.43. The van der Waals surface area contributed by atoms with Gasteiger partial charge in [0.05, 0.1) is 0 Å². The van der Waals surface area contributed by atoms with Crippen LogP contribution in [0.1, 0.15) is 0 Å². The first-order chi connectivity index (χ1) is 7.21. The second kappa shape index (κ2) is 2.69. The van der Waals surface area contributed by atoms with Crippen molar-refractivity contribution in [1.82, 2.24) is 4.98 Å². The van der Waals surface area contributed by atoms with E-state index in [-0.39, 0.29) is 0 Å². The van der Waals surface area contributed by atoms with E-state index in [0.717, 1.165) is 5.82 Å². The Hall–Kier alpha value is -1.64. The standard InChI is InChI=1S/C12H13BN2/c1-13(2)11-7-4-3-6-10(11)12-14-8-5-9-15(12)13/h3-9H,1-2H3. The van der Waals surface area contributed by atoms with Crippen molar-refractivity contribution in [2.24, 2.45) is 0 Å². The van der Waals surface area contributed by atoms with E-state index >= 15 is 0 Å². The van der Waals surface area contributed by atoms with Gasteiger partial charge < -0.3 is 4.48 Å². The Kier molecular flexibility index (Phi) is 1.55. The largest absolute Gasteiger partial charge is 0.424 e. The second-order valence-corrected chi connectivity index (χ2v) is 4.74. The summed E-state index contributed by atoms with van der Waals surface area (Å²) in [7, 11) is 0. The SMILES string of the molecule is C[B-]1(C)c2ccccc2-c2nccc[n+]21. The lowest BCUT2D eigenvalue weighted by atomic mass is 9.35. The van der Waals surface area contributed by atoms with Gasteiger partial charge in [0, 0.05) is 17.8 Å². The summed E-state index contributed by atoms with van der Waals surface area (Å²) in [6, 6.07) is 10.6. The first-order valence-corrected chi connectivity index (χ1v) is 5.41. The maximum atomic E-state index is 4.47. The molecule has 1 aromatic heterocycles. The molecular weight excluding hydrogens is 183 g/mol. The highest BCUT2D eigenvalue weighted by molar-refractivity contribution is 6.84. The van der Waals surface area contributed by atoms with E-state index in [1.54, 1.807) is 0 Å². The van der Waals surface area contributed by atoms with E-state index in [4.69, 9.17) is 0 Å². The first kappa shape index (κ1) is 8.66. The molecule has 0 atom stereocenters. The predicted octanol–water partition coefficient (Wildman–Crippen LogP) is 1.31. The van der Waals surface area contributed by atoms with Gasteiger partial charge in [-0.1, -0.05) is 23.2 Å². The molecule has 1 aliphatic rings. The van der Waals surface area contributed by atoms with Crippen LogP contribution < -0.4 is 9.94 Å². The fourth-order valence-electron chi connectivity index (χ4n) is 2.58. The van der Waals surface area contributed by atoms with E-state index in [1.165, 1.54) is 11.0 Å². The molecule has 3 heteroatoms. The summed E-state index contributed by atoms with van der Waals surface area (Å²) in [4.78, 5) is 4.47. The van der Waals surface area contributed by atoms with Crippen LogP contribution in [0, 0.1) is 0 Å². The van der Waals surface area contributed by atoms with E-state index in [1.807, 2.05) is 12.3 Å². The number of benzene rings is 1. The molecule has 0 unspecified atom stereocenters. The zero-order chi connectivity index (χ0) is 10.5. The molecule has 74 valence electrons. The van der Waals surface area contributed by atoms with Gasteiger partial charge >= 0.3 is 0 Å². The number of hydrogen-bond acceptors (Lipinski definition) is 1. The van der Waals surface area contributed by atoms with Crippen molar-refractivity contribution < 1.29 is 4.48 Å². The van der Waals surface area contributed by atoms with Gasteiger partial charge in [-0.25, -0.2) is 0 Å². The quantitative estimate of drug-likeness (QED) is 0.580. The highest BCUT2D eigenvalue weighted by Crippen LogP contribution is 2.20. The van der Waals surface area contributed by atoms with E-state index in [9.17, 15) is 0 Å². The molecule has 0 amide bonds. The third kappa shape index (κ3) is 1.00. The normalized spacial score (nSPS) is 15.9. The van der Waals surface area contributed by atoms with Gasteiger partial charge in [0.15, 0.2) is 0 Å². The maximum Gasteiger partial charge on any atom is 0.281 e. The molecule has 0 saturated heterocycles. The molecule has 2 nitrogen and oxygen atoms in total. The third-order valence-electron chi connectivity index (χ3n) is 3.43. The Bertz CT molecular complexity index is 487. The summed E-state index contributed by atoms with van der Waals surface area (Å²) in [6.45, 7) is 4.58. The number of rotatable bonds is 0. The lowest BCUT2D eigenvalue weighted by molar-refractivity contribution is -0.531. The van der Waals surface area contributed by atoms with Crippen molar-refractivity contribution in [2.75, 3.05) is 0 Å². The van der Waals surface area contributed by atoms with Crippen LogP contribution in [-0.4, -0.2) is 11.3 Å². The van der Waals surface area contributed by atoms with Gasteiger partial charge in [0.25, 0.3) is 5.82 Å². The van der Waals surface area contributed by atoms with Crippen molar-refractivity contribution in [3.05, 3.63) is 42.7 Å². The fourth-order valence-corrected chi connectivity index (χ4v) is 2.58. The van der Waals surface area contributed by atoms with Crippen LogP contribution in [0.25, 0.3) is 11.4 Å². The number of fused-ring (bicyclic) bond motifs is 3. The highest BCUT2D eigenvalue weighted by Gasteiger charge is 2.36. The molecule has 0 radical (unpaired) electrons. The Balaban J connectivity index is 2.42. The average Bonchev–Trinajstić information content (AvgIpc) is 2.51. The minimum Gasteiger partial charge on any atom is -0.424 e. The average molecular weight is 196 g/mol. The monoisotopic (exact) mass is 196 g/mol. The summed E-state index contributed by atoms with van der Waals surface area (Å²) >= 11 is 0. The first-order valence-electron chi connectivity index (χ1n) is 5.41. The summed E-state index contributed by atoms with van der Waals surface area (Å²) < 4.78 is 2.30. The summed E-state index contributed by atoms with van der Waals surface area (Å²) in [5, 5.41) is 0. The van der Waals surface area contributed by atoms with Crippen LogP contribution >= 0.6 is 0 Å². The van der Waals surface area contributed by atoms with Crippen LogP contribution in [0.5, 0.6) is 0 Å². The molecule has 1 aliphatic heterocycles. The predicted molar refractivity (Wildman–Crippen MR) is 62.4 cm³/mol. The molecule has 0 aliphatic carbocycles. The molecule has 0 bridgehead atoms. The number of aromatic nitrogens is 2. The van der Waals surface area contributed by atoms with E-state index in [0.29, 0.717) is 0 Å². The van der Waals surface area contributed by atoms with Crippen molar-refractivity contribution >= 4 is 11.7 Å². The zero-order valence-electron chi connectivity index (χ0n) is 9.01. The Morgan fingerprint density at radius 1 is 1.13 bits per heavy atom. The van der Waals surface area contributed by atoms with E-state index in [2.05, 4.69) is 53.6 Å². The maximum absolute atomic E-state index is 4.47. The summed E-state index contributed by atoms with van der Waals surface area (Å²) in [6.07, 6.45) is 3.31. The van der Waals surface area contributed by atoms with Crippen LogP contribution in [0.15, 0.2) is 42.7 Å². The van der Waals surface area contributed by atoms with Crippen molar-refractivity contribution in [3.63, 3.8) is 0 Å². The fraction of sp³-hybridized carbons (Fsp3) is 0.167. The Morgan fingerprint density at radius 3 is 2.80 bits per heavy atom. The lowest BCUT2D eigenvalue weighted by Crippen LogP contribution is -2.64. The van der Waals surface area contributed by atoms with Crippen LogP contribution in [-0.2, 0) is 0 Å². The number of hydrogen-bond donors (Lipinski definition) is 0. The molecule has 1 aromatic carbocycles. The zero-order valence-corrected chi connectivity index (χ0v) is 9.01. The molecule has 0 saturated carbocycles. The molecule has 3 rings (SSSR count). The Morgan fingerprint density at radius 2 is 1.93 bits per heavy atom. The Labute approximate surface area is 89.5 Å². The van der Waals surface area contributed by atoms with Gasteiger partial charge in [0.1, 0.15) is 6.20 Å². The highest BCUT2D eigenvalue weighted by atomic mass is 15.0. The molecule has 2 aromatic rings. The van der Waals surface area contributed by atoms with Crippen LogP contribution in [0.4, 0.5) is 0 Å². The minimum absolute atomic E-state index is 0.680. The van der Waals surface area contributed by atoms with Gasteiger partial charge in [-0.05, 0) is 6.07 Å². The summed E-state index contributed by atoms with van der Waals surface area (Å²) in [5.74, 6) is 1.10. The summed E-state index contributed by atoms with van der Waals surface area (Å²) in [5.41, 5.74) is 2.69. The van der Waals surface area contributed by atoms with Crippen molar-refractivity contribution in [2.45, 2.75) is 13.6 Å². The van der Waals surface area contributed by atoms with Crippen LogP contribution in [0.2, 0.25) is 13.6 Å². The number of nitrogens with zero attached hydrogens (tertiary/aromatic N) is 2. The van der Waals surface area contributed by atoms with Gasteiger partial charge in [-0.15, -0.1) is 19.1 Å². The molecule has 15 heavy (non-hydrogen) atoms. The second-order valence-electron chi connectivity index (χ2n) is 4.74. The molecule has 0 fully saturated rings. The topological polar surface area (TPSA) is 16.8 Å². The van der Waals surface area contributed by atoms with Crippen LogP contribution in [0.3, 0.4) is 0 Å². The molecule has 0 N–H and O–H groups in total. The lowest BCUT2D eigenvalue weighted by Gasteiger charge is -2.23.